The van der Waals surface area contributed by atoms with Crippen molar-refractivity contribution < 1.29 is 5.11 Å². The topological polar surface area (TPSA) is 38.0 Å². The number of benzene rings is 1. The van der Waals surface area contributed by atoms with Gasteiger partial charge in [-0.2, -0.15) is 0 Å². The Bertz CT molecular complexity index is 1030. The first kappa shape index (κ1) is 17.9. The minimum atomic E-state index is -0.855. The SMILES string of the molecule is C[C@@]12C=CC[C@H]1[C@@H]1CC=C3C[C@](O)(n4cnc5ccccc54)CC[C@]3(C)[C@H]1CC2. The van der Waals surface area contributed by atoms with E-state index >= 15 is 0 Å². The fraction of sp³-hybridized carbons (Fsp3) is 0.577. The second-order valence-corrected chi connectivity index (χ2v) is 10.7. The largest absolute Gasteiger partial charge is 0.370 e. The lowest BCUT2D eigenvalue weighted by Crippen LogP contribution is -2.51. The molecular weight excluding hydrogens is 356 g/mol. The van der Waals surface area contributed by atoms with Crippen molar-refractivity contribution in [3.05, 3.63) is 54.4 Å². The zero-order chi connectivity index (χ0) is 19.9. The molecule has 1 aromatic carbocycles. The quantitative estimate of drug-likeness (QED) is 0.626. The number of hydrogen-bond acceptors (Lipinski definition) is 2. The summed E-state index contributed by atoms with van der Waals surface area (Å²) in [6.07, 6.45) is 17.1. The molecule has 152 valence electrons. The molecule has 0 radical (unpaired) electrons. The predicted molar refractivity (Wildman–Crippen MR) is 116 cm³/mol. The van der Waals surface area contributed by atoms with Crippen LogP contribution in [0.4, 0.5) is 0 Å². The normalized spacial score (nSPS) is 43.6. The van der Waals surface area contributed by atoms with Gasteiger partial charge in [0, 0.05) is 6.42 Å². The highest BCUT2D eigenvalue weighted by molar-refractivity contribution is 5.75. The molecule has 3 nitrogen and oxygen atoms in total. The lowest BCUT2D eigenvalue weighted by Gasteiger charge is -2.58. The van der Waals surface area contributed by atoms with Crippen LogP contribution in [0, 0.1) is 28.6 Å². The summed E-state index contributed by atoms with van der Waals surface area (Å²) >= 11 is 0. The molecule has 2 fully saturated rings. The molecule has 2 saturated carbocycles. The summed E-state index contributed by atoms with van der Waals surface area (Å²) in [4.78, 5) is 4.55. The third-order valence-electron chi connectivity index (χ3n) is 9.37. The van der Waals surface area contributed by atoms with Crippen molar-refractivity contribution in [3.8, 4) is 0 Å². The highest BCUT2D eigenvalue weighted by atomic mass is 16.3. The number of nitrogens with zero attached hydrogens (tertiary/aromatic N) is 2. The van der Waals surface area contributed by atoms with Crippen molar-refractivity contribution in [2.24, 2.45) is 28.6 Å². The molecule has 0 unspecified atom stereocenters. The number of fused-ring (bicyclic) bond motifs is 6. The van der Waals surface area contributed by atoms with E-state index in [1.54, 1.807) is 0 Å². The fourth-order valence-corrected chi connectivity index (χ4v) is 7.61. The van der Waals surface area contributed by atoms with Crippen LogP contribution in [-0.2, 0) is 5.72 Å². The van der Waals surface area contributed by atoms with E-state index in [9.17, 15) is 5.11 Å². The zero-order valence-electron chi connectivity index (χ0n) is 17.6. The molecule has 2 aromatic rings. The molecule has 6 atom stereocenters. The summed E-state index contributed by atoms with van der Waals surface area (Å²) in [5, 5.41) is 11.7. The number of para-hydroxylation sites is 2. The van der Waals surface area contributed by atoms with Crippen molar-refractivity contribution in [2.45, 2.75) is 64.5 Å². The average molecular weight is 389 g/mol. The molecule has 3 heteroatoms. The smallest absolute Gasteiger partial charge is 0.146 e. The highest BCUT2D eigenvalue weighted by Gasteiger charge is 2.56. The van der Waals surface area contributed by atoms with Gasteiger partial charge in [-0.25, -0.2) is 4.98 Å². The van der Waals surface area contributed by atoms with E-state index in [1.165, 1.54) is 31.3 Å². The maximum Gasteiger partial charge on any atom is 0.146 e. The number of allylic oxidation sites excluding steroid dienone is 3. The average Bonchev–Trinajstić information content (AvgIpc) is 3.32. The number of aromatic nitrogens is 2. The third kappa shape index (κ3) is 2.37. The van der Waals surface area contributed by atoms with E-state index < -0.39 is 5.72 Å². The molecule has 29 heavy (non-hydrogen) atoms. The fourth-order valence-electron chi connectivity index (χ4n) is 7.61. The maximum atomic E-state index is 11.7. The van der Waals surface area contributed by atoms with Gasteiger partial charge in [0.15, 0.2) is 0 Å². The number of imidazole rings is 1. The highest BCUT2D eigenvalue weighted by Crippen LogP contribution is 2.64. The molecule has 0 spiro atoms. The maximum absolute atomic E-state index is 11.7. The zero-order valence-corrected chi connectivity index (χ0v) is 17.6. The minimum absolute atomic E-state index is 0.245. The van der Waals surface area contributed by atoms with Gasteiger partial charge in [0.25, 0.3) is 0 Å². The van der Waals surface area contributed by atoms with Crippen LogP contribution in [0.3, 0.4) is 0 Å². The Morgan fingerprint density at radius 3 is 2.83 bits per heavy atom. The van der Waals surface area contributed by atoms with Crippen LogP contribution in [0.2, 0.25) is 0 Å². The Kier molecular flexibility index (Phi) is 3.62. The second kappa shape index (κ2) is 5.85. The molecule has 0 amide bonds. The summed E-state index contributed by atoms with van der Waals surface area (Å²) in [5.41, 5.74) is 3.32. The van der Waals surface area contributed by atoms with Crippen molar-refractivity contribution >= 4 is 11.0 Å². The van der Waals surface area contributed by atoms with Gasteiger partial charge in [-0.05, 0) is 79.2 Å². The Morgan fingerprint density at radius 1 is 1.07 bits per heavy atom. The van der Waals surface area contributed by atoms with E-state index in [2.05, 4.69) is 43.1 Å². The van der Waals surface area contributed by atoms with Crippen LogP contribution in [0.15, 0.2) is 54.4 Å². The van der Waals surface area contributed by atoms with Crippen molar-refractivity contribution in [1.82, 2.24) is 9.55 Å². The Morgan fingerprint density at radius 2 is 1.93 bits per heavy atom. The molecule has 1 aromatic heterocycles. The molecule has 6 rings (SSSR count). The standard InChI is InChI=1S/C26H32N2O/c1-24-12-5-6-20(24)19-10-9-18-16-26(29,15-14-25(18,2)21(19)11-13-24)28-17-27-22-7-3-4-8-23(22)28/h3-5,7-9,12,17,19-21,29H,6,10-11,13-16H2,1-2H3/t19-,20-,21-,24-,25-,26-/m0/s1. The summed E-state index contributed by atoms with van der Waals surface area (Å²) in [6.45, 7) is 5.00. The van der Waals surface area contributed by atoms with Crippen molar-refractivity contribution in [3.63, 3.8) is 0 Å². The molecule has 0 aliphatic heterocycles. The summed E-state index contributed by atoms with van der Waals surface area (Å²) in [6, 6.07) is 8.16. The first-order valence-electron chi connectivity index (χ1n) is 11.5. The number of hydrogen-bond donors (Lipinski definition) is 1. The molecule has 0 saturated heterocycles. The molecule has 1 heterocycles. The van der Waals surface area contributed by atoms with E-state index in [1.807, 2.05) is 29.1 Å². The van der Waals surface area contributed by atoms with Gasteiger partial charge in [-0.3, -0.25) is 0 Å². The van der Waals surface area contributed by atoms with Crippen molar-refractivity contribution in [1.29, 1.82) is 0 Å². The number of aliphatic hydroxyl groups is 1. The van der Waals surface area contributed by atoms with Crippen molar-refractivity contribution in [2.75, 3.05) is 0 Å². The monoisotopic (exact) mass is 388 g/mol. The van der Waals surface area contributed by atoms with Gasteiger partial charge < -0.3 is 9.67 Å². The van der Waals surface area contributed by atoms with Gasteiger partial charge in [0.2, 0.25) is 0 Å². The van der Waals surface area contributed by atoms with Crippen LogP contribution < -0.4 is 0 Å². The number of rotatable bonds is 1. The minimum Gasteiger partial charge on any atom is -0.370 e. The van der Waals surface area contributed by atoms with Crippen LogP contribution in [0.1, 0.15) is 58.8 Å². The van der Waals surface area contributed by atoms with Gasteiger partial charge in [-0.15, -0.1) is 0 Å². The van der Waals surface area contributed by atoms with E-state index in [-0.39, 0.29) is 5.41 Å². The first-order chi connectivity index (χ1) is 13.9. The molecule has 4 aliphatic rings. The van der Waals surface area contributed by atoms with Gasteiger partial charge in [0.05, 0.1) is 17.4 Å². The Balaban J connectivity index is 1.35. The molecular formula is C26H32N2O. The Hall–Kier alpha value is -1.87. The van der Waals surface area contributed by atoms with Gasteiger partial charge >= 0.3 is 0 Å². The Labute approximate surface area is 173 Å². The predicted octanol–water partition coefficient (Wildman–Crippen LogP) is 5.81. The van der Waals surface area contributed by atoms with Crippen LogP contribution in [0.5, 0.6) is 0 Å². The third-order valence-corrected chi connectivity index (χ3v) is 9.37. The lowest BCUT2D eigenvalue weighted by molar-refractivity contribution is -0.0963. The summed E-state index contributed by atoms with van der Waals surface area (Å²) < 4.78 is 2.04. The van der Waals surface area contributed by atoms with E-state index in [4.69, 9.17) is 0 Å². The van der Waals surface area contributed by atoms with Gasteiger partial charge in [0.1, 0.15) is 5.72 Å². The molecule has 0 bridgehead atoms. The van der Waals surface area contributed by atoms with Gasteiger partial charge in [-0.1, -0.05) is 49.8 Å². The molecule has 1 N–H and O–H groups in total. The van der Waals surface area contributed by atoms with Crippen LogP contribution in [0.25, 0.3) is 11.0 Å². The van der Waals surface area contributed by atoms with Crippen LogP contribution >= 0.6 is 0 Å². The van der Waals surface area contributed by atoms with Crippen LogP contribution in [-0.4, -0.2) is 14.7 Å². The lowest BCUT2D eigenvalue weighted by atomic mass is 9.47. The van der Waals surface area contributed by atoms with E-state index in [0.29, 0.717) is 5.41 Å². The second-order valence-electron chi connectivity index (χ2n) is 10.7. The summed E-state index contributed by atoms with van der Waals surface area (Å²) in [7, 11) is 0. The van der Waals surface area contributed by atoms with E-state index in [0.717, 1.165) is 48.0 Å². The first-order valence-corrected chi connectivity index (χ1v) is 11.5. The molecule has 4 aliphatic carbocycles. The summed E-state index contributed by atoms with van der Waals surface area (Å²) in [5.74, 6) is 2.39.